The molecule has 0 fully saturated rings. The molecule has 25 heavy (non-hydrogen) atoms. The summed E-state index contributed by atoms with van der Waals surface area (Å²) in [5, 5.41) is 6.76. The van der Waals surface area contributed by atoms with Crippen LogP contribution >= 0.6 is 0 Å². The number of benzene rings is 2. The molecule has 5 nitrogen and oxygen atoms in total. The number of aromatic nitrogens is 1. The number of anilines is 1. The van der Waals surface area contributed by atoms with E-state index < -0.39 is 0 Å². The molecule has 2 amide bonds. The molecule has 2 aromatic carbocycles. The summed E-state index contributed by atoms with van der Waals surface area (Å²) in [7, 11) is 0. The minimum Gasteiger partial charge on any atom is -0.351 e. The van der Waals surface area contributed by atoms with E-state index in [1.807, 2.05) is 61.5 Å². The lowest BCUT2D eigenvalue weighted by Gasteiger charge is -2.07. The number of carbonyl (C=O) groups is 2. The Hall–Kier alpha value is -3.08. The zero-order chi connectivity index (χ0) is 17.6. The monoisotopic (exact) mass is 335 g/mol. The van der Waals surface area contributed by atoms with E-state index in [0.717, 1.165) is 28.6 Å². The van der Waals surface area contributed by atoms with Gasteiger partial charge in [0.25, 0.3) is 5.91 Å². The van der Waals surface area contributed by atoms with Gasteiger partial charge in [0.15, 0.2) is 0 Å². The van der Waals surface area contributed by atoms with Gasteiger partial charge in [-0.15, -0.1) is 0 Å². The average molecular weight is 335 g/mol. The highest BCUT2D eigenvalue weighted by atomic mass is 16.2. The second-order valence-electron chi connectivity index (χ2n) is 5.95. The van der Waals surface area contributed by atoms with Gasteiger partial charge < -0.3 is 15.6 Å². The van der Waals surface area contributed by atoms with Crippen LogP contribution in [0.3, 0.4) is 0 Å². The maximum Gasteiger partial charge on any atom is 0.267 e. The van der Waals surface area contributed by atoms with Crippen LogP contribution in [0.4, 0.5) is 5.69 Å². The van der Waals surface area contributed by atoms with Gasteiger partial charge in [0.05, 0.1) is 0 Å². The minimum atomic E-state index is -0.142. The quantitative estimate of drug-likeness (QED) is 0.640. The molecular weight excluding hydrogens is 314 g/mol. The van der Waals surface area contributed by atoms with E-state index >= 15 is 0 Å². The van der Waals surface area contributed by atoms with Crippen molar-refractivity contribution in [2.24, 2.45) is 0 Å². The van der Waals surface area contributed by atoms with Crippen molar-refractivity contribution in [1.82, 2.24) is 10.3 Å². The van der Waals surface area contributed by atoms with Crippen LogP contribution in [-0.2, 0) is 11.3 Å². The van der Waals surface area contributed by atoms with E-state index in [0.29, 0.717) is 18.7 Å². The van der Waals surface area contributed by atoms with Gasteiger partial charge >= 0.3 is 0 Å². The van der Waals surface area contributed by atoms with Crippen molar-refractivity contribution >= 4 is 28.4 Å². The largest absolute Gasteiger partial charge is 0.351 e. The number of amides is 2. The lowest BCUT2D eigenvalue weighted by Crippen LogP contribution is -2.23. The number of hydrogen-bond donors (Lipinski definition) is 3. The molecule has 0 saturated heterocycles. The van der Waals surface area contributed by atoms with Gasteiger partial charge in [0.1, 0.15) is 5.69 Å². The van der Waals surface area contributed by atoms with Crippen LogP contribution in [0.1, 0.15) is 35.8 Å². The van der Waals surface area contributed by atoms with Gasteiger partial charge in [-0.3, -0.25) is 9.59 Å². The molecule has 3 N–H and O–H groups in total. The summed E-state index contributed by atoms with van der Waals surface area (Å²) < 4.78 is 0. The highest BCUT2D eigenvalue weighted by Gasteiger charge is 2.09. The fourth-order valence-corrected chi connectivity index (χ4v) is 2.63. The second-order valence-corrected chi connectivity index (χ2v) is 5.95. The molecule has 0 unspecified atom stereocenters. The van der Waals surface area contributed by atoms with Crippen molar-refractivity contribution in [3.05, 3.63) is 65.9 Å². The minimum absolute atomic E-state index is 0.0161. The Kier molecular flexibility index (Phi) is 5.14. The zero-order valence-electron chi connectivity index (χ0n) is 14.1. The first-order chi connectivity index (χ1) is 12.2. The molecule has 0 saturated carbocycles. The molecule has 1 heterocycles. The standard InChI is InChI=1S/C20H21N3O2/c1-2-5-19(24)22-16-10-8-14(9-11-16)13-21-20(25)18-12-15-6-3-4-7-17(15)23-18/h3-4,6-12,23H,2,5,13H2,1H3,(H,21,25)(H,22,24). The first kappa shape index (κ1) is 16.8. The third-order valence-electron chi connectivity index (χ3n) is 3.94. The molecule has 0 aliphatic carbocycles. The fraction of sp³-hybridized carbons (Fsp3) is 0.200. The number of nitrogens with one attached hydrogen (secondary N) is 3. The van der Waals surface area contributed by atoms with Gasteiger partial charge in [-0.1, -0.05) is 37.3 Å². The Morgan fingerprint density at radius 1 is 1.04 bits per heavy atom. The number of rotatable bonds is 6. The Labute approximate surface area is 146 Å². The predicted octanol–water partition coefficient (Wildman–Crippen LogP) is 3.84. The summed E-state index contributed by atoms with van der Waals surface area (Å²) in [6, 6.07) is 17.1. The molecule has 0 radical (unpaired) electrons. The third-order valence-corrected chi connectivity index (χ3v) is 3.94. The Morgan fingerprint density at radius 2 is 1.80 bits per heavy atom. The van der Waals surface area contributed by atoms with Crippen LogP contribution in [0, 0.1) is 0 Å². The maximum absolute atomic E-state index is 12.3. The lowest BCUT2D eigenvalue weighted by atomic mass is 10.2. The van der Waals surface area contributed by atoms with Gasteiger partial charge in [0, 0.05) is 29.6 Å². The molecule has 5 heteroatoms. The molecule has 128 valence electrons. The van der Waals surface area contributed by atoms with E-state index in [-0.39, 0.29) is 11.8 Å². The van der Waals surface area contributed by atoms with Gasteiger partial charge in [0.2, 0.25) is 5.91 Å². The Bertz CT molecular complexity index is 848. The highest BCUT2D eigenvalue weighted by molar-refractivity contribution is 5.98. The summed E-state index contributed by atoms with van der Waals surface area (Å²) in [6.07, 6.45) is 1.34. The molecule has 0 spiro atoms. The molecule has 0 aliphatic rings. The van der Waals surface area contributed by atoms with Crippen molar-refractivity contribution in [1.29, 1.82) is 0 Å². The van der Waals surface area contributed by atoms with E-state index in [1.165, 1.54) is 0 Å². The Balaban J connectivity index is 1.57. The van der Waals surface area contributed by atoms with Crippen molar-refractivity contribution in [3.63, 3.8) is 0 Å². The van der Waals surface area contributed by atoms with Crippen LogP contribution in [0.25, 0.3) is 10.9 Å². The summed E-state index contributed by atoms with van der Waals surface area (Å²) in [6.45, 7) is 2.40. The van der Waals surface area contributed by atoms with E-state index in [1.54, 1.807) is 0 Å². The molecular formula is C20H21N3O2. The normalized spacial score (nSPS) is 10.6. The van der Waals surface area contributed by atoms with Crippen LogP contribution in [-0.4, -0.2) is 16.8 Å². The van der Waals surface area contributed by atoms with Gasteiger partial charge in [-0.25, -0.2) is 0 Å². The number of fused-ring (bicyclic) bond motifs is 1. The highest BCUT2D eigenvalue weighted by Crippen LogP contribution is 2.15. The van der Waals surface area contributed by atoms with Crippen molar-refractivity contribution in [2.45, 2.75) is 26.3 Å². The third kappa shape index (κ3) is 4.26. The molecule has 3 aromatic rings. The van der Waals surface area contributed by atoms with E-state index in [4.69, 9.17) is 0 Å². The number of carbonyl (C=O) groups excluding carboxylic acids is 2. The Morgan fingerprint density at radius 3 is 2.52 bits per heavy atom. The van der Waals surface area contributed by atoms with Crippen LogP contribution in [0.2, 0.25) is 0 Å². The lowest BCUT2D eigenvalue weighted by molar-refractivity contribution is -0.116. The zero-order valence-corrected chi connectivity index (χ0v) is 14.1. The smallest absolute Gasteiger partial charge is 0.267 e. The first-order valence-electron chi connectivity index (χ1n) is 8.40. The predicted molar refractivity (Wildman–Crippen MR) is 99.4 cm³/mol. The van der Waals surface area contributed by atoms with E-state index in [9.17, 15) is 9.59 Å². The van der Waals surface area contributed by atoms with Crippen LogP contribution in [0.5, 0.6) is 0 Å². The maximum atomic E-state index is 12.3. The number of aromatic amines is 1. The average Bonchev–Trinajstić information content (AvgIpc) is 3.05. The molecule has 3 rings (SSSR count). The first-order valence-corrected chi connectivity index (χ1v) is 8.40. The SMILES string of the molecule is CCCC(=O)Nc1ccc(CNC(=O)c2cc3ccccc3[nH]2)cc1. The van der Waals surface area contributed by atoms with E-state index in [2.05, 4.69) is 15.6 Å². The second kappa shape index (κ2) is 7.66. The molecule has 0 atom stereocenters. The summed E-state index contributed by atoms with van der Waals surface area (Å²) >= 11 is 0. The summed E-state index contributed by atoms with van der Waals surface area (Å²) in [4.78, 5) is 27.0. The summed E-state index contributed by atoms with van der Waals surface area (Å²) in [5.41, 5.74) is 3.23. The van der Waals surface area contributed by atoms with Gasteiger partial charge in [-0.05, 0) is 36.2 Å². The van der Waals surface area contributed by atoms with Crippen molar-refractivity contribution < 1.29 is 9.59 Å². The number of H-pyrrole nitrogens is 1. The van der Waals surface area contributed by atoms with Crippen LogP contribution in [0.15, 0.2) is 54.6 Å². The van der Waals surface area contributed by atoms with Crippen molar-refractivity contribution in [3.8, 4) is 0 Å². The topological polar surface area (TPSA) is 74.0 Å². The molecule has 0 aliphatic heterocycles. The number of hydrogen-bond acceptors (Lipinski definition) is 2. The number of para-hydroxylation sites is 1. The van der Waals surface area contributed by atoms with Crippen LogP contribution < -0.4 is 10.6 Å². The fourth-order valence-electron chi connectivity index (χ4n) is 2.63. The summed E-state index contributed by atoms with van der Waals surface area (Å²) in [5.74, 6) is -0.126. The molecule has 1 aromatic heterocycles. The van der Waals surface area contributed by atoms with Crippen molar-refractivity contribution in [2.75, 3.05) is 5.32 Å². The van der Waals surface area contributed by atoms with Gasteiger partial charge in [-0.2, -0.15) is 0 Å². The molecule has 0 bridgehead atoms.